The lowest BCUT2D eigenvalue weighted by molar-refractivity contribution is -0.133. The fraction of sp³-hybridized carbons (Fsp3) is 0.917. The van der Waals surface area contributed by atoms with Crippen molar-refractivity contribution in [3.8, 4) is 0 Å². The molecular weight excluding hydrogens is 188 g/mol. The third-order valence-electron chi connectivity index (χ3n) is 3.43. The highest BCUT2D eigenvalue weighted by Gasteiger charge is 2.22. The second-order valence-corrected chi connectivity index (χ2v) is 4.72. The smallest absolute Gasteiger partial charge is 0.222 e. The summed E-state index contributed by atoms with van der Waals surface area (Å²) >= 11 is 0. The van der Waals surface area contributed by atoms with E-state index in [1.165, 1.54) is 6.42 Å². The van der Waals surface area contributed by atoms with E-state index >= 15 is 0 Å². The van der Waals surface area contributed by atoms with Crippen molar-refractivity contribution >= 4 is 5.91 Å². The molecule has 3 nitrogen and oxygen atoms in total. The lowest BCUT2D eigenvalue weighted by atomic mass is 10.0. The third-order valence-corrected chi connectivity index (χ3v) is 3.43. The van der Waals surface area contributed by atoms with E-state index in [9.17, 15) is 4.79 Å². The van der Waals surface area contributed by atoms with Crippen LogP contribution in [0.15, 0.2) is 0 Å². The number of nitrogens with one attached hydrogen (secondary N) is 1. The van der Waals surface area contributed by atoms with Gasteiger partial charge in [-0.2, -0.15) is 0 Å². The van der Waals surface area contributed by atoms with Gasteiger partial charge in [-0.3, -0.25) is 4.79 Å². The molecule has 1 saturated heterocycles. The summed E-state index contributed by atoms with van der Waals surface area (Å²) in [5, 5.41) is 3.34. The topological polar surface area (TPSA) is 32.3 Å². The van der Waals surface area contributed by atoms with Crippen LogP contribution in [0.4, 0.5) is 0 Å². The average Bonchev–Trinajstić information content (AvgIpc) is 2.29. The van der Waals surface area contributed by atoms with Crippen molar-refractivity contribution in [2.75, 3.05) is 20.1 Å². The van der Waals surface area contributed by atoms with Gasteiger partial charge in [-0.1, -0.05) is 20.3 Å². The molecule has 1 heterocycles. The quantitative estimate of drug-likeness (QED) is 0.768. The van der Waals surface area contributed by atoms with Crippen molar-refractivity contribution in [3.05, 3.63) is 0 Å². The third kappa shape index (κ3) is 3.82. The minimum absolute atomic E-state index is 0.304. The van der Waals surface area contributed by atoms with Gasteiger partial charge in [-0.15, -0.1) is 0 Å². The van der Waals surface area contributed by atoms with E-state index in [1.807, 2.05) is 11.9 Å². The average molecular weight is 212 g/mol. The second kappa shape index (κ2) is 6.11. The first kappa shape index (κ1) is 12.5. The summed E-state index contributed by atoms with van der Waals surface area (Å²) in [5.41, 5.74) is 0. The van der Waals surface area contributed by atoms with E-state index < -0.39 is 0 Å². The first-order valence-electron chi connectivity index (χ1n) is 6.11. The predicted octanol–water partition coefficient (Wildman–Crippen LogP) is 1.63. The zero-order valence-corrected chi connectivity index (χ0v) is 10.3. The molecule has 1 aliphatic heterocycles. The van der Waals surface area contributed by atoms with Crippen LogP contribution in [0.3, 0.4) is 0 Å². The van der Waals surface area contributed by atoms with Crippen LogP contribution in [0.2, 0.25) is 0 Å². The molecule has 1 N–H and O–H groups in total. The van der Waals surface area contributed by atoms with Crippen molar-refractivity contribution in [2.24, 2.45) is 5.92 Å². The normalized spacial score (nSPS) is 23.5. The highest BCUT2D eigenvalue weighted by molar-refractivity contribution is 5.76. The van der Waals surface area contributed by atoms with Crippen LogP contribution in [-0.4, -0.2) is 37.0 Å². The lowest BCUT2D eigenvalue weighted by Crippen LogP contribution is -2.46. The molecule has 0 spiro atoms. The largest absolute Gasteiger partial charge is 0.341 e. The predicted molar refractivity (Wildman–Crippen MR) is 62.7 cm³/mol. The van der Waals surface area contributed by atoms with Gasteiger partial charge in [0.25, 0.3) is 0 Å². The number of carbonyl (C=O) groups excluding carboxylic acids is 1. The van der Waals surface area contributed by atoms with Crippen LogP contribution in [0, 0.1) is 5.92 Å². The lowest BCUT2D eigenvalue weighted by Gasteiger charge is -2.32. The van der Waals surface area contributed by atoms with Crippen molar-refractivity contribution < 1.29 is 4.79 Å². The van der Waals surface area contributed by atoms with Gasteiger partial charge < -0.3 is 10.2 Å². The Morgan fingerprint density at radius 3 is 2.87 bits per heavy atom. The van der Waals surface area contributed by atoms with Crippen molar-refractivity contribution in [1.82, 2.24) is 10.2 Å². The number of hydrogen-bond acceptors (Lipinski definition) is 2. The van der Waals surface area contributed by atoms with Gasteiger partial charge >= 0.3 is 0 Å². The SMILES string of the molecule is CCC(C)CC(=O)N(C)C1CCCNC1. The van der Waals surface area contributed by atoms with E-state index in [0.29, 0.717) is 24.3 Å². The number of piperidine rings is 1. The number of nitrogens with zero attached hydrogens (tertiary/aromatic N) is 1. The Morgan fingerprint density at radius 1 is 1.60 bits per heavy atom. The first-order chi connectivity index (χ1) is 7.15. The summed E-state index contributed by atoms with van der Waals surface area (Å²) in [4.78, 5) is 13.9. The van der Waals surface area contributed by atoms with Gasteiger partial charge in [0.1, 0.15) is 0 Å². The highest BCUT2D eigenvalue weighted by atomic mass is 16.2. The molecule has 1 aliphatic rings. The van der Waals surface area contributed by atoms with Crippen molar-refractivity contribution in [2.45, 2.75) is 45.6 Å². The molecule has 0 bridgehead atoms. The van der Waals surface area contributed by atoms with Crippen LogP contribution < -0.4 is 5.32 Å². The van der Waals surface area contributed by atoms with Crippen LogP contribution >= 0.6 is 0 Å². The van der Waals surface area contributed by atoms with Crippen molar-refractivity contribution in [3.63, 3.8) is 0 Å². The number of hydrogen-bond donors (Lipinski definition) is 1. The van der Waals surface area contributed by atoms with Crippen LogP contribution in [-0.2, 0) is 4.79 Å². The van der Waals surface area contributed by atoms with Crippen LogP contribution in [0.5, 0.6) is 0 Å². The molecule has 0 radical (unpaired) electrons. The molecule has 1 rings (SSSR count). The maximum absolute atomic E-state index is 11.9. The van der Waals surface area contributed by atoms with Gasteiger partial charge in [0.05, 0.1) is 0 Å². The summed E-state index contributed by atoms with van der Waals surface area (Å²) in [7, 11) is 1.95. The maximum atomic E-state index is 11.9. The van der Waals surface area contributed by atoms with Crippen molar-refractivity contribution in [1.29, 1.82) is 0 Å². The Kier molecular flexibility index (Phi) is 5.09. The number of carbonyl (C=O) groups is 1. The van der Waals surface area contributed by atoms with Crippen LogP contribution in [0.1, 0.15) is 39.5 Å². The first-order valence-corrected chi connectivity index (χ1v) is 6.11. The second-order valence-electron chi connectivity index (χ2n) is 4.72. The fourth-order valence-electron chi connectivity index (χ4n) is 1.95. The van der Waals surface area contributed by atoms with Gasteiger partial charge in [0.2, 0.25) is 5.91 Å². The summed E-state index contributed by atoms with van der Waals surface area (Å²) in [5.74, 6) is 0.814. The maximum Gasteiger partial charge on any atom is 0.222 e. The van der Waals surface area contributed by atoms with E-state index in [2.05, 4.69) is 19.2 Å². The van der Waals surface area contributed by atoms with Gasteiger partial charge in [-0.25, -0.2) is 0 Å². The molecule has 0 aromatic heterocycles. The monoisotopic (exact) mass is 212 g/mol. The molecule has 2 unspecified atom stereocenters. The number of rotatable bonds is 4. The molecule has 15 heavy (non-hydrogen) atoms. The van der Waals surface area contributed by atoms with E-state index in [0.717, 1.165) is 25.9 Å². The Bertz CT molecular complexity index is 200. The minimum Gasteiger partial charge on any atom is -0.341 e. The minimum atomic E-state index is 0.304. The Morgan fingerprint density at radius 2 is 2.33 bits per heavy atom. The molecule has 0 saturated carbocycles. The zero-order chi connectivity index (χ0) is 11.3. The molecule has 1 amide bonds. The Labute approximate surface area is 93.2 Å². The molecular formula is C12H24N2O. The number of amides is 1. The van der Waals surface area contributed by atoms with Gasteiger partial charge in [-0.05, 0) is 25.3 Å². The fourth-order valence-corrected chi connectivity index (χ4v) is 1.95. The van der Waals surface area contributed by atoms with E-state index in [1.54, 1.807) is 0 Å². The molecule has 0 aliphatic carbocycles. The Balaban J connectivity index is 2.37. The summed E-state index contributed by atoms with van der Waals surface area (Å²) < 4.78 is 0. The van der Waals surface area contributed by atoms with E-state index in [-0.39, 0.29) is 0 Å². The van der Waals surface area contributed by atoms with E-state index in [4.69, 9.17) is 0 Å². The zero-order valence-electron chi connectivity index (χ0n) is 10.3. The van der Waals surface area contributed by atoms with Crippen LogP contribution in [0.25, 0.3) is 0 Å². The van der Waals surface area contributed by atoms with Gasteiger partial charge in [0.15, 0.2) is 0 Å². The number of likely N-dealkylation sites (N-methyl/N-ethyl adjacent to an activating group) is 1. The molecule has 2 atom stereocenters. The highest BCUT2D eigenvalue weighted by Crippen LogP contribution is 2.13. The summed E-state index contributed by atoms with van der Waals surface area (Å²) in [6.07, 6.45) is 4.12. The Hall–Kier alpha value is -0.570. The summed E-state index contributed by atoms with van der Waals surface area (Å²) in [6, 6.07) is 0.412. The molecule has 88 valence electrons. The molecule has 0 aromatic rings. The molecule has 3 heteroatoms. The van der Waals surface area contributed by atoms with Gasteiger partial charge in [0, 0.05) is 26.1 Å². The standard InChI is InChI=1S/C12H24N2O/c1-4-10(2)8-12(15)14(3)11-6-5-7-13-9-11/h10-11,13H,4-9H2,1-3H3. The molecule has 0 aromatic carbocycles. The molecule has 1 fully saturated rings. The summed E-state index contributed by atoms with van der Waals surface area (Å²) in [6.45, 7) is 6.34.